The smallest absolute Gasteiger partial charge is 0.184 e. The molecule has 0 aromatic rings. The van der Waals surface area contributed by atoms with Gasteiger partial charge in [-0.2, -0.15) is 0 Å². The second kappa shape index (κ2) is 6.47. The molecule has 0 spiro atoms. The standard InChI is InChI=1S/C9H15N3O4/c1-2-3-15-8-7(13)4-6(5-11-12-10)16-9(8)14/h2,6-9,13-14H,1,3-5H2/t6?,7-,8?,9-/m0/s1. The number of rotatable bonds is 5. The molecule has 2 unspecified atom stereocenters. The molecular formula is C9H15N3O4. The zero-order valence-corrected chi connectivity index (χ0v) is 8.77. The van der Waals surface area contributed by atoms with E-state index >= 15 is 0 Å². The van der Waals surface area contributed by atoms with Crippen LogP contribution in [0.25, 0.3) is 10.4 Å². The molecule has 0 amide bonds. The summed E-state index contributed by atoms with van der Waals surface area (Å²) in [5, 5.41) is 22.6. The Balaban J connectivity index is 2.49. The molecule has 0 saturated carbocycles. The van der Waals surface area contributed by atoms with Crippen LogP contribution in [0, 0.1) is 0 Å². The molecule has 0 aliphatic carbocycles. The third-order valence-corrected chi connectivity index (χ3v) is 2.25. The average Bonchev–Trinajstić information content (AvgIpc) is 2.25. The van der Waals surface area contributed by atoms with E-state index in [2.05, 4.69) is 16.6 Å². The van der Waals surface area contributed by atoms with Crippen molar-refractivity contribution in [1.82, 2.24) is 0 Å². The van der Waals surface area contributed by atoms with Crippen LogP contribution < -0.4 is 0 Å². The van der Waals surface area contributed by atoms with E-state index < -0.39 is 24.6 Å². The fourth-order valence-corrected chi connectivity index (χ4v) is 1.54. The Labute approximate surface area is 92.9 Å². The Bertz CT molecular complexity index is 268. The predicted molar refractivity (Wildman–Crippen MR) is 55.5 cm³/mol. The largest absolute Gasteiger partial charge is 0.390 e. The van der Waals surface area contributed by atoms with Crippen molar-refractivity contribution in [2.45, 2.75) is 31.0 Å². The molecule has 0 bridgehead atoms. The number of hydrogen-bond acceptors (Lipinski definition) is 5. The summed E-state index contributed by atoms with van der Waals surface area (Å²) in [5.41, 5.74) is 8.14. The van der Waals surface area contributed by atoms with Gasteiger partial charge in [0.1, 0.15) is 6.10 Å². The average molecular weight is 229 g/mol. The van der Waals surface area contributed by atoms with Crippen molar-refractivity contribution in [1.29, 1.82) is 0 Å². The van der Waals surface area contributed by atoms with Crippen molar-refractivity contribution in [3.63, 3.8) is 0 Å². The van der Waals surface area contributed by atoms with E-state index in [-0.39, 0.29) is 19.6 Å². The normalized spacial score (nSPS) is 34.1. The summed E-state index contributed by atoms with van der Waals surface area (Å²) in [7, 11) is 0. The van der Waals surface area contributed by atoms with Crippen molar-refractivity contribution < 1.29 is 19.7 Å². The van der Waals surface area contributed by atoms with Crippen molar-refractivity contribution in [3.05, 3.63) is 23.1 Å². The fraction of sp³-hybridized carbons (Fsp3) is 0.778. The van der Waals surface area contributed by atoms with Crippen LogP contribution in [-0.4, -0.2) is 48.0 Å². The molecule has 16 heavy (non-hydrogen) atoms. The maximum Gasteiger partial charge on any atom is 0.184 e. The Morgan fingerprint density at radius 1 is 1.62 bits per heavy atom. The van der Waals surface area contributed by atoms with Crippen LogP contribution in [0.2, 0.25) is 0 Å². The first-order chi connectivity index (χ1) is 7.69. The van der Waals surface area contributed by atoms with E-state index in [9.17, 15) is 10.2 Å². The number of aliphatic hydroxyl groups excluding tert-OH is 2. The summed E-state index contributed by atoms with van der Waals surface area (Å²) < 4.78 is 10.3. The highest BCUT2D eigenvalue weighted by Crippen LogP contribution is 2.21. The Hall–Kier alpha value is -1.11. The van der Waals surface area contributed by atoms with Gasteiger partial charge in [-0.3, -0.25) is 0 Å². The highest BCUT2D eigenvalue weighted by Gasteiger charge is 2.37. The Morgan fingerprint density at radius 2 is 2.38 bits per heavy atom. The molecule has 0 aromatic carbocycles. The molecule has 0 aromatic heterocycles. The number of nitrogens with zero attached hydrogens (tertiary/aromatic N) is 3. The lowest BCUT2D eigenvalue weighted by molar-refractivity contribution is -0.255. The Kier molecular flexibility index (Phi) is 5.24. The van der Waals surface area contributed by atoms with Crippen LogP contribution in [0.5, 0.6) is 0 Å². The maximum atomic E-state index is 9.70. The zero-order chi connectivity index (χ0) is 12.0. The van der Waals surface area contributed by atoms with Gasteiger partial charge in [-0.15, -0.1) is 6.58 Å². The quantitative estimate of drug-likeness (QED) is 0.306. The molecule has 2 N–H and O–H groups in total. The summed E-state index contributed by atoms with van der Waals surface area (Å²) in [6.45, 7) is 3.77. The molecule has 90 valence electrons. The van der Waals surface area contributed by atoms with Crippen molar-refractivity contribution in [2.75, 3.05) is 13.2 Å². The van der Waals surface area contributed by atoms with Crippen LogP contribution in [0.4, 0.5) is 0 Å². The summed E-state index contributed by atoms with van der Waals surface area (Å²) in [5.74, 6) is 0. The van der Waals surface area contributed by atoms with Crippen LogP contribution in [0.3, 0.4) is 0 Å². The molecule has 1 rings (SSSR count). The van der Waals surface area contributed by atoms with Gasteiger partial charge in [-0.05, 0) is 5.53 Å². The maximum absolute atomic E-state index is 9.70. The lowest BCUT2D eigenvalue weighted by Crippen LogP contribution is -2.50. The lowest BCUT2D eigenvalue weighted by Gasteiger charge is -2.36. The van der Waals surface area contributed by atoms with Crippen LogP contribution in [0.1, 0.15) is 6.42 Å². The fourth-order valence-electron chi connectivity index (χ4n) is 1.54. The zero-order valence-electron chi connectivity index (χ0n) is 8.77. The van der Waals surface area contributed by atoms with Gasteiger partial charge in [0, 0.05) is 11.3 Å². The minimum atomic E-state index is -1.22. The lowest BCUT2D eigenvalue weighted by atomic mass is 10.0. The SMILES string of the molecule is C=CCOC1[C@@H](O)CC(CN=[N+]=[N-])O[C@@H]1O. The van der Waals surface area contributed by atoms with Gasteiger partial charge in [-0.1, -0.05) is 11.2 Å². The van der Waals surface area contributed by atoms with Gasteiger partial charge in [0.15, 0.2) is 6.29 Å². The summed E-state index contributed by atoms with van der Waals surface area (Å²) >= 11 is 0. The third kappa shape index (κ3) is 3.48. The summed E-state index contributed by atoms with van der Waals surface area (Å²) in [6, 6.07) is 0. The first kappa shape index (κ1) is 13.0. The topological polar surface area (TPSA) is 108 Å². The van der Waals surface area contributed by atoms with Gasteiger partial charge < -0.3 is 19.7 Å². The van der Waals surface area contributed by atoms with Gasteiger partial charge in [-0.25, -0.2) is 0 Å². The molecule has 1 heterocycles. The van der Waals surface area contributed by atoms with Gasteiger partial charge >= 0.3 is 0 Å². The van der Waals surface area contributed by atoms with Crippen LogP contribution in [0.15, 0.2) is 17.8 Å². The van der Waals surface area contributed by atoms with Gasteiger partial charge in [0.05, 0.1) is 25.4 Å². The van der Waals surface area contributed by atoms with E-state index in [4.69, 9.17) is 15.0 Å². The monoisotopic (exact) mass is 229 g/mol. The second-order valence-electron chi connectivity index (χ2n) is 3.45. The highest BCUT2D eigenvalue weighted by molar-refractivity contribution is 4.83. The van der Waals surface area contributed by atoms with Crippen LogP contribution >= 0.6 is 0 Å². The molecule has 1 aliphatic rings. The molecule has 4 atom stereocenters. The third-order valence-electron chi connectivity index (χ3n) is 2.25. The molecule has 7 heteroatoms. The molecule has 1 fully saturated rings. The van der Waals surface area contributed by atoms with Crippen molar-refractivity contribution in [2.24, 2.45) is 5.11 Å². The minimum absolute atomic E-state index is 0.0821. The second-order valence-corrected chi connectivity index (χ2v) is 3.45. The van der Waals surface area contributed by atoms with Gasteiger partial charge in [0.25, 0.3) is 0 Å². The van der Waals surface area contributed by atoms with Gasteiger partial charge in [0.2, 0.25) is 0 Å². The van der Waals surface area contributed by atoms with E-state index in [0.29, 0.717) is 0 Å². The van der Waals surface area contributed by atoms with E-state index in [0.717, 1.165) is 0 Å². The van der Waals surface area contributed by atoms with Crippen molar-refractivity contribution in [3.8, 4) is 0 Å². The predicted octanol–water partition coefficient (Wildman–Crippen LogP) is 0.336. The number of aliphatic hydroxyl groups is 2. The van der Waals surface area contributed by atoms with E-state index in [1.165, 1.54) is 6.08 Å². The molecule has 0 radical (unpaired) electrons. The molecule has 7 nitrogen and oxygen atoms in total. The molecule has 1 aliphatic heterocycles. The number of hydrogen-bond donors (Lipinski definition) is 2. The minimum Gasteiger partial charge on any atom is -0.390 e. The Morgan fingerprint density at radius 3 is 2.94 bits per heavy atom. The van der Waals surface area contributed by atoms with E-state index in [1.54, 1.807) is 0 Å². The summed E-state index contributed by atoms with van der Waals surface area (Å²) in [4.78, 5) is 2.59. The van der Waals surface area contributed by atoms with E-state index in [1.807, 2.05) is 0 Å². The molecular weight excluding hydrogens is 214 g/mol. The summed E-state index contributed by atoms with van der Waals surface area (Å²) in [6.07, 6.45) is -1.56. The first-order valence-electron chi connectivity index (χ1n) is 4.94. The highest BCUT2D eigenvalue weighted by atomic mass is 16.6. The van der Waals surface area contributed by atoms with Crippen molar-refractivity contribution >= 4 is 0 Å². The number of azide groups is 1. The van der Waals surface area contributed by atoms with Crippen LogP contribution in [-0.2, 0) is 9.47 Å². The number of ether oxygens (including phenoxy) is 2. The first-order valence-corrected chi connectivity index (χ1v) is 4.94. The molecule has 1 saturated heterocycles.